The monoisotopic (exact) mass is 432 g/mol. The summed E-state index contributed by atoms with van der Waals surface area (Å²) in [4.78, 5) is 13.1. The van der Waals surface area contributed by atoms with E-state index in [1.165, 1.54) is 30.7 Å². The number of carbonyl (C=O) groups excluding carboxylic acids is 1. The molecule has 0 saturated heterocycles. The average molecular weight is 433 g/mol. The lowest BCUT2D eigenvalue weighted by Crippen LogP contribution is -2.55. The average Bonchev–Trinajstić information content (AvgIpc) is 2.70. The van der Waals surface area contributed by atoms with E-state index in [0.717, 1.165) is 11.1 Å². The van der Waals surface area contributed by atoms with Gasteiger partial charge in [0.05, 0.1) is 19.1 Å². The third-order valence-electron chi connectivity index (χ3n) is 4.97. The number of rotatable bonds is 5. The van der Waals surface area contributed by atoms with Crippen LogP contribution in [0, 0.1) is 0 Å². The molecular formula is C22H28N2O5S. The van der Waals surface area contributed by atoms with Crippen molar-refractivity contribution in [2.24, 2.45) is 0 Å². The summed E-state index contributed by atoms with van der Waals surface area (Å²) < 4.78 is 38.9. The second kappa shape index (κ2) is 8.28. The van der Waals surface area contributed by atoms with Crippen LogP contribution in [0.4, 0.5) is 0 Å². The lowest BCUT2D eigenvalue weighted by atomic mass is 9.95. The molecule has 0 saturated carbocycles. The standard InChI is InChI=1S/C22H28N2O5S/c1-22(2,3)23-21(25)18-12-15-8-6-7-9-16(15)14-24(18)30(26,27)17-10-11-19(28-4)20(13-17)29-5/h6-11,13,18H,12,14H2,1-5H3,(H,23,25). The molecule has 3 rings (SSSR count). The molecule has 1 heterocycles. The molecule has 1 N–H and O–H groups in total. The van der Waals surface area contributed by atoms with Crippen molar-refractivity contribution in [1.82, 2.24) is 9.62 Å². The van der Waals surface area contributed by atoms with Crippen molar-refractivity contribution >= 4 is 15.9 Å². The SMILES string of the molecule is COc1ccc(S(=O)(=O)N2Cc3ccccc3CC2C(=O)NC(C)(C)C)cc1OC. The second-order valence-electron chi connectivity index (χ2n) is 8.29. The fourth-order valence-corrected chi connectivity index (χ4v) is 5.12. The van der Waals surface area contributed by atoms with Gasteiger partial charge < -0.3 is 14.8 Å². The van der Waals surface area contributed by atoms with Crippen LogP contribution < -0.4 is 14.8 Å². The number of nitrogens with one attached hydrogen (secondary N) is 1. The first-order valence-corrected chi connectivity index (χ1v) is 11.1. The van der Waals surface area contributed by atoms with Gasteiger partial charge in [-0.1, -0.05) is 24.3 Å². The number of benzene rings is 2. The number of fused-ring (bicyclic) bond motifs is 1. The third kappa shape index (κ3) is 4.44. The number of carbonyl (C=O) groups is 1. The second-order valence-corrected chi connectivity index (χ2v) is 10.2. The van der Waals surface area contributed by atoms with E-state index >= 15 is 0 Å². The Morgan fingerprint density at radius 2 is 1.67 bits per heavy atom. The number of methoxy groups -OCH3 is 2. The minimum atomic E-state index is -3.98. The molecule has 0 aliphatic carbocycles. The Labute approximate surface area is 178 Å². The molecule has 0 bridgehead atoms. The van der Waals surface area contributed by atoms with E-state index in [9.17, 15) is 13.2 Å². The number of ether oxygens (including phenoxy) is 2. The number of amides is 1. The highest BCUT2D eigenvalue weighted by Crippen LogP contribution is 2.34. The van der Waals surface area contributed by atoms with E-state index in [1.54, 1.807) is 6.07 Å². The first-order chi connectivity index (χ1) is 14.1. The zero-order valence-corrected chi connectivity index (χ0v) is 18.7. The zero-order valence-electron chi connectivity index (χ0n) is 17.9. The predicted molar refractivity (Wildman–Crippen MR) is 114 cm³/mol. The Bertz CT molecular complexity index is 1040. The molecule has 2 aromatic rings. The van der Waals surface area contributed by atoms with E-state index in [1.807, 2.05) is 45.0 Å². The molecule has 8 heteroatoms. The van der Waals surface area contributed by atoms with Crippen molar-refractivity contribution in [3.05, 3.63) is 53.6 Å². The van der Waals surface area contributed by atoms with Crippen molar-refractivity contribution in [1.29, 1.82) is 0 Å². The van der Waals surface area contributed by atoms with Crippen LogP contribution in [0.2, 0.25) is 0 Å². The molecule has 30 heavy (non-hydrogen) atoms. The molecule has 1 aliphatic heterocycles. The normalized spacial score (nSPS) is 17.2. The summed E-state index contributed by atoms with van der Waals surface area (Å²) in [5.74, 6) is 0.426. The van der Waals surface area contributed by atoms with Crippen LogP contribution in [0.25, 0.3) is 0 Å². The Balaban J connectivity index is 2.06. The smallest absolute Gasteiger partial charge is 0.244 e. The molecule has 1 atom stereocenters. The largest absolute Gasteiger partial charge is 0.493 e. The fraction of sp³-hybridized carbons (Fsp3) is 0.409. The molecule has 0 radical (unpaired) electrons. The molecule has 1 aliphatic rings. The lowest BCUT2D eigenvalue weighted by Gasteiger charge is -2.36. The van der Waals surface area contributed by atoms with Gasteiger partial charge in [0.1, 0.15) is 6.04 Å². The number of sulfonamides is 1. The van der Waals surface area contributed by atoms with E-state index in [4.69, 9.17) is 9.47 Å². The fourth-order valence-electron chi connectivity index (χ4n) is 3.54. The molecule has 1 unspecified atom stereocenters. The van der Waals surface area contributed by atoms with Crippen LogP contribution in [-0.2, 0) is 27.8 Å². The maximum atomic E-state index is 13.6. The number of hydrogen-bond acceptors (Lipinski definition) is 5. The van der Waals surface area contributed by atoms with Gasteiger partial charge >= 0.3 is 0 Å². The maximum Gasteiger partial charge on any atom is 0.244 e. The summed E-state index contributed by atoms with van der Waals surface area (Å²) in [6.45, 7) is 5.73. The molecule has 2 aromatic carbocycles. The summed E-state index contributed by atoms with van der Waals surface area (Å²) in [7, 11) is -1.04. The number of nitrogens with zero attached hydrogens (tertiary/aromatic N) is 1. The lowest BCUT2D eigenvalue weighted by molar-refractivity contribution is -0.126. The van der Waals surface area contributed by atoms with Gasteiger partial charge in [0.15, 0.2) is 11.5 Å². The summed E-state index contributed by atoms with van der Waals surface area (Å²) in [5, 5.41) is 2.92. The van der Waals surface area contributed by atoms with Crippen LogP contribution in [0.1, 0.15) is 31.9 Å². The third-order valence-corrected chi connectivity index (χ3v) is 6.82. The van der Waals surface area contributed by atoms with Crippen molar-refractivity contribution in [3.63, 3.8) is 0 Å². The van der Waals surface area contributed by atoms with Crippen LogP contribution in [0.3, 0.4) is 0 Å². The molecule has 0 spiro atoms. The molecule has 0 fully saturated rings. The molecule has 162 valence electrons. The predicted octanol–water partition coefficient (Wildman–Crippen LogP) is 2.73. The van der Waals surface area contributed by atoms with E-state index in [2.05, 4.69) is 5.32 Å². The zero-order chi connectivity index (χ0) is 22.1. The van der Waals surface area contributed by atoms with Crippen LogP contribution in [0.5, 0.6) is 11.5 Å². The number of hydrogen-bond donors (Lipinski definition) is 1. The van der Waals surface area contributed by atoms with E-state index in [-0.39, 0.29) is 17.3 Å². The Hall–Kier alpha value is -2.58. The highest BCUT2D eigenvalue weighted by atomic mass is 32.2. The topological polar surface area (TPSA) is 84.9 Å². The van der Waals surface area contributed by atoms with Crippen LogP contribution in [0.15, 0.2) is 47.4 Å². The van der Waals surface area contributed by atoms with E-state index < -0.39 is 21.6 Å². The van der Waals surface area contributed by atoms with Crippen molar-refractivity contribution < 1.29 is 22.7 Å². The highest BCUT2D eigenvalue weighted by Gasteiger charge is 2.40. The van der Waals surface area contributed by atoms with Gasteiger partial charge in [0.2, 0.25) is 15.9 Å². The molecule has 1 amide bonds. The minimum absolute atomic E-state index is 0.0492. The van der Waals surface area contributed by atoms with Crippen LogP contribution >= 0.6 is 0 Å². The molecule has 0 aromatic heterocycles. The molecular weight excluding hydrogens is 404 g/mol. The van der Waals surface area contributed by atoms with E-state index in [0.29, 0.717) is 17.9 Å². The van der Waals surface area contributed by atoms with Gasteiger partial charge in [0, 0.05) is 18.2 Å². The van der Waals surface area contributed by atoms with Crippen molar-refractivity contribution in [3.8, 4) is 11.5 Å². The Morgan fingerprint density at radius 1 is 1.03 bits per heavy atom. The summed E-state index contributed by atoms with van der Waals surface area (Å²) >= 11 is 0. The summed E-state index contributed by atoms with van der Waals surface area (Å²) in [6.07, 6.45) is 0.310. The van der Waals surface area contributed by atoms with Gasteiger partial charge in [0.25, 0.3) is 0 Å². The quantitative estimate of drug-likeness (QED) is 0.785. The van der Waals surface area contributed by atoms with Gasteiger partial charge in [-0.2, -0.15) is 4.31 Å². The van der Waals surface area contributed by atoms with Crippen molar-refractivity contribution in [2.45, 2.75) is 50.2 Å². The van der Waals surface area contributed by atoms with Gasteiger partial charge in [-0.15, -0.1) is 0 Å². The van der Waals surface area contributed by atoms with Crippen LogP contribution in [-0.4, -0.2) is 44.4 Å². The minimum Gasteiger partial charge on any atom is -0.493 e. The van der Waals surface area contributed by atoms with Crippen molar-refractivity contribution in [2.75, 3.05) is 14.2 Å². The highest BCUT2D eigenvalue weighted by molar-refractivity contribution is 7.89. The van der Waals surface area contributed by atoms with Gasteiger partial charge in [-0.3, -0.25) is 4.79 Å². The van der Waals surface area contributed by atoms with Gasteiger partial charge in [-0.05, 0) is 50.5 Å². The van der Waals surface area contributed by atoms with Gasteiger partial charge in [-0.25, -0.2) is 8.42 Å². The Kier molecular flexibility index (Phi) is 6.10. The Morgan fingerprint density at radius 3 is 2.27 bits per heavy atom. The molecule has 7 nitrogen and oxygen atoms in total. The first kappa shape index (κ1) is 22.1. The first-order valence-electron chi connectivity index (χ1n) is 9.69. The summed E-state index contributed by atoms with van der Waals surface area (Å²) in [6, 6.07) is 11.2. The maximum absolute atomic E-state index is 13.6. The summed E-state index contributed by atoms with van der Waals surface area (Å²) in [5.41, 5.74) is 1.39.